The number of carbonyl (C=O) groups excluding carboxylic acids is 1. The Morgan fingerprint density at radius 1 is 1.26 bits per heavy atom. The molecule has 1 aliphatic heterocycles. The Morgan fingerprint density at radius 3 is 2.26 bits per heavy atom. The van der Waals surface area contributed by atoms with E-state index in [1.807, 2.05) is 0 Å². The summed E-state index contributed by atoms with van der Waals surface area (Å²) in [6, 6.07) is 2.99. The first-order valence-corrected chi connectivity index (χ1v) is 8.85. The first kappa shape index (κ1) is 17.6. The van der Waals surface area contributed by atoms with Crippen molar-refractivity contribution in [1.82, 2.24) is 0 Å². The van der Waals surface area contributed by atoms with Crippen LogP contribution in [0.3, 0.4) is 0 Å². The lowest BCUT2D eigenvalue weighted by atomic mass is 9.95. The van der Waals surface area contributed by atoms with Gasteiger partial charge in [0.25, 0.3) is 0 Å². The minimum Gasteiger partial charge on any atom is -0.371 e. The summed E-state index contributed by atoms with van der Waals surface area (Å²) in [5, 5.41) is 0. The molecule has 2 N–H and O–H groups in total. The fraction of sp³-hybridized carbons (Fsp3) is 0.500. The number of nitrogens with two attached hydrogens (primary N) is 1. The van der Waals surface area contributed by atoms with Crippen LogP contribution in [0, 0.1) is 5.92 Å². The molecule has 0 atom stereocenters. The van der Waals surface area contributed by atoms with Crippen LogP contribution in [0.15, 0.2) is 23.1 Å². The number of hydrogen-bond donors (Lipinski definition) is 1. The number of rotatable bonds is 3. The number of alkyl halides is 3. The molecular weight excluding hydrogens is 333 g/mol. The third kappa shape index (κ3) is 3.95. The van der Waals surface area contributed by atoms with Crippen molar-refractivity contribution in [2.75, 3.05) is 24.2 Å². The number of hydrogen-bond acceptors (Lipinski definition) is 4. The van der Waals surface area contributed by atoms with E-state index in [0.29, 0.717) is 18.9 Å². The van der Waals surface area contributed by atoms with Gasteiger partial charge in [-0.15, -0.1) is 0 Å². The van der Waals surface area contributed by atoms with Gasteiger partial charge in [-0.1, -0.05) is 0 Å². The first-order chi connectivity index (χ1) is 10.5. The van der Waals surface area contributed by atoms with Crippen molar-refractivity contribution in [3.05, 3.63) is 23.8 Å². The molecule has 1 aliphatic rings. The van der Waals surface area contributed by atoms with Gasteiger partial charge in [0.05, 0.1) is 10.5 Å². The molecule has 0 aliphatic carbocycles. The zero-order valence-corrected chi connectivity index (χ0v) is 13.2. The third-order valence-electron chi connectivity index (χ3n) is 3.94. The van der Waals surface area contributed by atoms with E-state index in [0.717, 1.165) is 6.26 Å². The highest BCUT2D eigenvalue weighted by Crippen LogP contribution is 2.39. The maximum Gasteiger partial charge on any atom is 0.418 e. The molecule has 0 spiro atoms. The summed E-state index contributed by atoms with van der Waals surface area (Å²) in [6.45, 7) is 0.518. The lowest BCUT2D eigenvalue weighted by Gasteiger charge is -2.34. The van der Waals surface area contributed by atoms with Crippen LogP contribution in [-0.2, 0) is 20.8 Å². The van der Waals surface area contributed by atoms with Crippen LogP contribution >= 0.6 is 0 Å². The molecule has 9 heteroatoms. The highest BCUT2D eigenvalue weighted by Gasteiger charge is 2.37. The highest BCUT2D eigenvalue weighted by atomic mass is 32.2. The minimum absolute atomic E-state index is 0.0761. The SMILES string of the molecule is CS(=O)(=O)c1ccc(N2CCC(C(N)=O)CC2)c(C(F)(F)F)c1. The predicted molar refractivity (Wildman–Crippen MR) is 78.7 cm³/mol. The van der Waals surface area contributed by atoms with Gasteiger partial charge in [-0.05, 0) is 31.0 Å². The van der Waals surface area contributed by atoms with Gasteiger partial charge >= 0.3 is 6.18 Å². The van der Waals surface area contributed by atoms with Crippen molar-refractivity contribution in [3.63, 3.8) is 0 Å². The molecule has 0 unspecified atom stereocenters. The normalized spacial score (nSPS) is 17.3. The lowest BCUT2D eigenvalue weighted by molar-refractivity contribution is -0.137. The van der Waals surface area contributed by atoms with E-state index in [-0.39, 0.29) is 29.6 Å². The molecule has 1 amide bonds. The molecule has 1 saturated heterocycles. The smallest absolute Gasteiger partial charge is 0.371 e. The number of halogens is 3. The van der Waals surface area contributed by atoms with E-state index >= 15 is 0 Å². The van der Waals surface area contributed by atoms with Gasteiger partial charge < -0.3 is 10.6 Å². The molecule has 23 heavy (non-hydrogen) atoms. The number of primary amides is 1. The van der Waals surface area contributed by atoms with Crippen molar-refractivity contribution in [3.8, 4) is 0 Å². The second-order valence-corrected chi connectivity index (χ2v) is 7.63. The molecule has 1 aromatic rings. The number of amides is 1. The topological polar surface area (TPSA) is 80.5 Å². The molecule has 1 heterocycles. The van der Waals surface area contributed by atoms with E-state index < -0.39 is 27.5 Å². The Balaban J connectivity index is 2.38. The van der Waals surface area contributed by atoms with Crippen molar-refractivity contribution in [2.24, 2.45) is 11.7 Å². The summed E-state index contributed by atoms with van der Waals surface area (Å²) < 4.78 is 62.8. The summed E-state index contributed by atoms with van der Waals surface area (Å²) in [4.78, 5) is 12.3. The van der Waals surface area contributed by atoms with Crippen LogP contribution in [0.4, 0.5) is 18.9 Å². The minimum atomic E-state index is -4.67. The standard InChI is InChI=1S/C14H17F3N2O3S/c1-23(21,22)10-2-3-12(11(8-10)14(15,16)17)19-6-4-9(5-7-19)13(18)20/h2-3,8-9H,4-7H2,1H3,(H2,18,20). The molecule has 1 fully saturated rings. The molecule has 0 bridgehead atoms. The maximum absolute atomic E-state index is 13.3. The molecule has 0 saturated carbocycles. The van der Waals surface area contributed by atoms with E-state index in [2.05, 4.69) is 0 Å². The number of sulfone groups is 1. The van der Waals surface area contributed by atoms with Crippen molar-refractivity contribution < 1.29 is 26.4 Å². The van der Waals surface area contributed by atoms with Gasteiger partial charge in [-0.2, -0.15) is 13.2 Å². The quantitative estimate of drug-likeness (QED) is 0.902. The maximum atomic E-state index is 13.3. The van der Waals surface area contributed by atoms with Gasteiger partial charge in [-0.25, -0.2) is 8.42 Å². The Labute approximate surface area is 132 Å². The molecule has 1 aromatic carbocycles. The molecule has 128 valence electrons. The summed E-state index contributed by atoms with van der Waals surface area (Å²) in [5.41, 5.74) is 4.15. The van der Waals surface area contributed by atoms with Gasteiger partial charge in [0, 0.05) is 31.0 Å². The average Bonchev–Trinajstić information content (AvgIpc) is 2.45. The number of benzene rings is 1. The molecule has 0 radical (unpaired) electrons. The molecular formula is C14H17F3N2O3S. The lowest BCUT2D eigenvalue weighted by Crippen LogP contribution is -2.39. The molecule has 5 nitrogen and oxygen atoms in total. The van der Waals surface area contributed by atoms with Crippen molar-refractivity contribution in [1.29, 1.82) is 0 Å². The van der Waals surface area contributed by atoms with E-state index in [9.17, 15) is 26.4 Å². The highest BCUT2D eigenvalue weighted by molar-refractivity contribution is 7.90. The monoisotopic (exact) mass is 350 g/mol. The van der Waals surface area contributed by atoms with Crippen LogP contribution < -0.4 is 10.6 Å². The Morgan fingerprint density at radius 2 is 1.83 bits per heavy atom. The van der Waals surface area contributed by atoms with E-state index in [1.165, 1.54) is 17.0 Å². The third-order valence-corrected chi connectivity index (χ3v) is 5.05. The van der Waals surface area contributed by atoms with Gasteiger partial charge in [-0.3, -0.25) is 4.79 Å². The number of anilines is 1. The number of piperidine rings is 1. The first-order valence-electron chi connectivity index (χ1n) is 6.95. The fourth-order valence-electron chi connectivity index (χ4n) is 2.65. The fourth-order valence-corrected chi connectivity index (χ4v) is 3.30. The summed E-state index contributed by atoms with van der Waals surface area (Å²) in [5.74, 6) is -0.788. The summed E-state index contributed by atoms with van der Waals surface area (Å²) in [6.07, 6.45) is -3.06. The van der Waals surface area contributed by atoms with E-state index in [4.69, 9.17) is 5.73 Å². The summed E-state index contributed by atoms with van der Waals surface area (Å²) >= 11 is 0. The number of carbonyl (C=O) groups is 1. The Kier molecular flexibility index (Phi) is 4.61. The molecule has 0 aromatic heterocycles. The van der Waals surface area contributed by atoms with Gasteiger partial charge in [0.15, 0.2) is 9.84 Å². The number of nitrogens with zero attached hydrogens (tertiary/aromatic N) is 1. The van der Waals surface area contributed by atoms with Crippen LogP contribution in [0.2, 0.25) is 0 Å². The van der Waals surface area contributed by atoms with Crippen LogP contribution in [-0.4, -0.2) is 33.7 Å². The average molecular weight is 350 g/mol. The predicted octanol–water partition coefficient (Wildman–Crippen LogP) is 1.81. The second-order valence-electron chi connectivity index (χ2n) is 5.61. The Hall–Kier alpha value is -1.77. The van der Waals surface area contributed by atoms with Crippen molar-refractivity contribution in [2.45, 2.75) is 23.9 Å². The second kappa shape index (κ2) is 6.03. The molecule has 2 rings (SSSR count). The van der Waals surface area contributed by atoms with Crippen LogP contribution in [0.5, 0.6) is 0 Å². The van der Waals surface area contributed by atoms with Crippen LogP contribution in [0.1, 0.15) is 18.4 Å². The van der Waals surface area contributed by atoms with Crippen LogP contribution in [0.25, 0.3) is 0 Å². The zero-order valence-electron chi connectivity index (χ0n) is 12.4. The summed E-state index contributed by atoms with van der Waals surface area (Å²) in [7, 11) is -3.73. The van der Waals surface area contributed by atoms with Gasteiger partial charge in [0.1, 0.15) is 0 Å². The van der Waals surface area contributed by atoms with E-state index in [1.54, 1.807) is 0 Å². The van der Waals surface area contributed by atoms with Gasteiger partial charge in [0.2, 0.25) is 5.91 Å². The van der Waals surface area contributed by atoms with Crippen molar-refractivity contribution >= 4 is 21.4 Å². The zero-order chi connectivity index (χ0) is 17.4. The Bertz CT molecular complexity index is 708. The largest absolute Gasteiger partial charge is 0.418 e.